The van der Waals surface area contributed by atoms with E-state index in [4.69, 9.17) is 4.74 Å². The summed E-state index contributed by atoms with van der Waals surface area (Å²) in [7, 11) is 0. The van der Waals surface area contributed by atoms with E-state index < -0.39 is 18.5 Å². The van der Waals surface area contributed by atoms with Gasteiger partial charge in [0, 0.05) is 19.2 Å². The van der Waals surface area contributed by atoms with Crippen LogP contribution in [0, 0.1) is 5.82 Å². The van der Waals surface area contributed by atoms with Crippen LogP contribution in [0.2, 0.25) is 0 Å². The molecule has 0 aromatic heterocycles. The Kier molecular flexibility index (Phi) is 4.76. The van der Waals surface area contributed by atoms with Gasteiger partial charge in [0.25, 0.3) is 0 Å². The van der Waals surface area contributed by atoms with E-state index in [1.807, 2.05) is 13.8 Å². The highest BCUT2D eigenvalue weighted by Gasteiger charge is 2.35. The molecule has 0 saturated carbocycles. The van der Waals surface area contributed by atoms with E-state index in [2.05, 4.69) is 0 Å². The molecule has 2 rings (SSSR count). The van der Waals surface area contributed by atoms with Gasteiger partial charge in [-0.15, -0.1) is 0 Å². The van der Waals surface area contributed by atoms with Gasteiger partial charge in [-0.2, -0.15) is 13.2 Å². The topological polar surface area (TPSA) is 12.5 Å². The third-order valence-corrected chi connectivity index (χ3v) is 3.52. The van der Waals surface area contributed by atoms with Gasteiger partial charge >= 0.3 is 6.18 Å². The van der Waals surface area contributed by atoms with Crippen molar-refractivity contribution in [2.45, 2.75) is 38.5 Å². The van der Waals surface area contributed by atoms with E-state index in [-0.39, 0.29) is 18.6 Å². The van der Waals surface area contributed by atoms with Crippen molar-refractivity contribution in [3.63, 3.8) is 0 Å². The summed E-state index contributed by atoms with van der Waals surface area (Å²) in [5, 5.41) is 0. The van der Waals surface area contributed by atoms with Gasteiger partial charge in [-0.1, -0.05) is 19.9 Å². The van der Waals surface area contributed by atoms with Crippen LogP contribution in [0.1, 0.15) is 31.7 Å². The average Bonchev–Trinajstić information content (AvgIpc) is 2.73. The second kappa shape index (κ2) is 6.22. The summed E-state index contributed by atoms with van der Waals surface area (Å²) >= 11 is 0. The standard InChI is InChI=1S/C15H19F4NO/c1-10(2)13-4-3-11(16)7-14(13)21-12-5-6-20(8-12)9-15(17,18)19/h3-4,7,10,12H,5-6,8-9H2,1-2H3. The van der Waals surface area contributed by atoms with Gasteiger partial charge in [0.05, 0.1) is 6.54 Å². The number of halogens is 4. The van der Waals surface area contributed by atoms with Crippen LogP contribution < -0.4 is 4.74 Å². The molecule has 1 aromatic carbocycles. The van der Waals surface area contributed by atoms with Gasteiger partial charge in [0.1, 0.15) is 17.7 Å². The van der Waals surface area contributed by atoms with Crippen LogP contribution >= 0.6 is 0 Å². The predicted octanol–water partition coefficient (Wildman–Crippen LogP) is 3.96. The molecule has 2 nitrogen and oxygen atoms in total. The maximum atomic E-state index is 13.3. The number of ether oxygens (including phenoxy) is 1. The zero-order chi connectivity index (χ0) is 15.6. The average molecular weight is 305 g/mol. The zero-order valence-corrected chi connectivity index (χ0v) is 12.1. The largest absolute Gasteiger partial charge is 0.489 e. The summed E-state index contributed by atoms with van der Waals surface area (Å²) in [4.78, 5) is 1.32. The molecule has 1 saturated heterocycles. The first-order valence-corrected chi connectivity index (χ1v) is 7.00. The summed E-state index contributed by atoms with van der Waals surface area (Å²) in [5.41, 5.74) is 0.866. The molecule has 0 aliphatic carbocycles. The molecule has 118 valence electrons. The Hall–Kier alpha value is -1.30. The van der Waals surface area contributed by atoms with Crippen LogP contribution in [0.3, 0.4) is 0 Å². The van der Waals surface area contributed by atoms with Crippen molar-refractivity contribution in [2.75, 3.05) is 19.6 Å². The molecule has 0 bridgehead atoms. The number of likely N-dealkylation sites (tertiary alicyclic amines) is 1. The van der Waals surface area contributed by atoms with Crippen LogP contribution in [-0.2, 0) is 0 Å². The van der Waals surface area contributed by atoms with Crippen LogP contribution in [-0.4, -0.2) is 36.8 Å². The maximum absolute atomic E-state index is 13.3. The number of hydrogen-bond donors (Lipinski definition) is 0. The fourth-order valence-electron chi connectivity index (χ4n) is 2.56. The summed E-state index contributed by atoms with van der Waals surface area (Å²) in [5.74, 6) is 0.191. The Morgan fingerprint density at radius 3 is 2.67 bits per heavy atom. The van der Waals surface area contributed by atoms with E-state index >= 15 is 0 Å². The SMILES string of the molecule is CC(C)c1ccc(F)cc1OC1CCN(CC(F)(F)F)C1. The number of benzene rings is 1. The normalized spacial score (nSPS) is 20.2. The van der Waals surface area contributed by atoms with Gasteiger partial charge in [0.2, 0.25) is 0 Å². The molecule has 0 N–H and O–H groups in total. The first-order chi connectivity index (χ1) is 9.74. The monoisotopic (exact) mass is 305 g/mol. The molecule has 1 heterocycles. The Morgan fingerprint density at radius 1 is 1.33 bits per heavy atom. The van der Waals surface area contributed by atoms with Gasteiger partial charge in [-0.25, -0.2) is 4.39 Å². The molecule has 21 heavy (non-hydrogen) atoms. The summed E-state index contributed by atoms with van der Waals surface area (Å²) in [6, 6.07) is 4.34. The lowest BCUT2D eigenvalue weighted by Gasteiger charge is -2.20. The molecule has 1 aromatic rings. The van der Waals surface area contributed by atoms with E-state index in [0.717, 1.165) is 5.56 Å². The molecular weight excluding hydrogens is 286 g/mol. The van der Waals surface area contributed by atoms with Crippen LogP contribution in [0.15, 0.2) is 18.2 Å². The van der Waals surface area contributed by atoms with Crippen molar-refractivity contribution >= 4 is 0 Å². The fourth-order valence-corrected chi connectivity index (χ4v) is 2.56. The molecular formula is C15H19F4NO. The lowest BCUT2D eigenvalue weighted by Crippen LogP contribution is -2.33. The first-order valence-electron chi connectivity index (χ1n) is 7.00. The third kappa shape index (κ3) is 4.59. The van der Waals surface area contributed by atoms with Crippen molar-refractivity contribution in [3.8, 4) is 5.75 Å². The molecule has 6 heteroatoms. The van der Waals surface area contributed by atoms with Crippen LogP contribution in [0.5, 0.6) is 5.75 Å². The zero-order valence-electron chi connectivity index (χ0n) is 12.1. The quantitative estimate of drug-likeness (QED) is 0.781. The Morgan fingerprint density at radius 2 is 2.05 bits per heavy atom. The number of nitrogens with zero attached hydrogens (tertiary/aromatic N) is 1. The Labute approximate surface area is 121 Å². The van der Waals surface area contributed by atoms with Crippen molar-refractivity contribution < 1.29 is 22.3 Å². The lowest BCUT2D eigenvalue weighted by molar-refractivity contribution is -0.144. The van der Waals surface area contributed by atoms with E-state index in [1.54, 1.807) is 6.07 Å². The Bertz CT molecular complexity index is 487. The minimum Gasteiger partial charge on any atom is -0.489 e. The molecule has 1 aliphatic rings. The highest BCUT2D eigenvalue weighted by Crippen LogP contribution is 2.30. The van der Waals surface area contributed by atoms with Crippen molar-refractivity contribution in [1.29, 1.82) is 0 Å². The van der Waals surface area contributed by atoms with Crippen molar-refractivity contribution in [1.82, 2.24) is 4.90 Å². The van der Waals surface area contributed by atoms with Crippen molar-refractivity contribution in [3.05, 3.63) is 29.6 Å². The second-order valence-electron chi connectivity index (χ2n) is 5.72. The summed E-state index contributed by atoms with van der Waals surface area (Å²) in [6.45, 7) is 3.56. The molecule has 0 radical (unpaired) electrons. The molecule has 1 aliphatic heterocycles. The third-order valence-electron chi connectivity index (χ3n) is 3.52. The second-order valence-corrected chi connectivity index (χ2v) is 5.72. The van der Waals surface area contributed by atoms with Gasteiger partial charge in [-0.05, 0) is 24.0 Å². The van der Waals surface area contributed by atoms with E-state index in [9.17, 15) is 17.6 Å². The molecule has 1 fully saturated rings. The fraction of sp³-hybridized carbons (Fsp3) is 0.600. The molecule has 0 amide bonds. The highest BCUT2D eigenvalue weighted by molar-refractivity contribution is 5.36. The summed E-state index contributed by atoms with van der Waals surface area (Å²) < 4.78 is 56.1. The molecule has 0 spiro atoms. The summed E-state index contributed by atoms with van der Waals surface area (Å²) in [6.07, 6.45) is -4.01. The minimum absolute atomic E-state index is 0.160. The smallest absolute Gasteiger partial charge is 0.401 e. The van der Waals surface area contributed by atoms with Gasteiger partial charge < -0.3 is 4.74 Å². The molecule has 1 atom stereocenters. The minimum atomic E-state index is -4.20. The van der Waals surface area contributed by atoms with Gasteiger partial charge in [-0.3, -0.25) is 4.90 Å². The number of rotatable bonds is 4. The van der Waals surface area contributed by atoms with Crippen LogP contribution in [0.4, 0.5) is 17.6 Å². The highest BCUT2D eigenvalue weighted by atomic mass is 19.4. The van der Waals surface area contributed by atoms with E-state index in [0.29, 0.717) is 18.7 Å². The number of alkyl halides is 3. The van der Waals surface area contributed by atoms with Crippen LogP contribution in [0.25, 0.3) is 0 Å². The predicted molar refractivity (Wildman–Crippen MR) is 72.0 cm³/mol. The maximum Gasteiger partial charge on any atom is 0.401 e. The Balaban J connectivity index is 2.02. The van der Waals surface area contributed by atoms with E-state index in [1.165, 1.54) is 17.0 Å². The lowest BCUT2D eigenvalue weighted by atomic mass is 10.0. The van der Waals surface area contributed by atoms with Gasteiger partial charge in [0.15, 0.2) is 0 Å². The molecule has 1 unspecified atom stereocenters. The first kappa shape index (κ1) is 16.1. The van der Waals surface area contributed by atoms with Crippen molar-refractivity contribution in [2.24, 2.45) is 0 Å². The number of hydrogen-bond acceptors (Lipinski definition) is 2.